The quantitative estimate of drug-likeness (QED) is 0.663. The summed E-state index contributed by atoms with van der Waals surface area (Å²) in [5.74, 6) is 0. The Morgan fingerprint density at radius 3 is 2.39 bits per heavy atom. The molecule has 1 heterocycles. The molecule has 118 valence electrons. The summed E-state index contributed by atoms with van der Waals surface area (Å²) in [5.41, 5.74) is 2.34. The minimum atomic E-state index is -0.743. The minimum absolute atomic E-state index is 0.571. The first-order valence-corrected chi connectivity index (χ1v) is 8.53. The van der Waals surface area contributed by atoms with Gasteiger partial charge in [0.05, 0.1) is 5.69 Å². The van der Waals surface area contributed by atoms with E-state index in [0.29, 0.717) is 10.0 Å². The van der Waals surface area contributed by atoms with E-state index in [9.17, 15) is 5.11 Å². The van der Waals surface area contributed by atoms with E-state index in [2.05, 4.69) is 10.2 Å². The number of H-pyrrole nitrogens is 1. The van der Waals surface area contributed by atoms with Crippen LogP contribution in [0.4, 0.5) is 0 Å². The van der Waals surface area contributed by atoms with Gasteiger partial charge in [-0.15, -0.1) is 0 Å². The molecule has 0 saturated heterocycles. The summed E-state index contributed by atoms with van der Waals surface area (Å²) in [5, 5.41) is 19.8. The lowest BCUT2D eigenvalue weighted by Crippen LogP contribution is -2.01. The number of aromatic nitrogens is 2. The molecule has 6 heteroatoms. The molecule has 0 spiro atoms. The van der Waals surface area contributed by atoms with Crippen molar-refractivity contribution in [2.45, 2.75) is 22.9 Å². The van der Waals surface area contributed by atoms with Crippen molar-refractivity contribution in [2.24, 2.45) is 0 Å². The normalized spacial score (nSPS) is 12.3. The summed E-state index contributed by atoms with van der Waals surface area (Å²) in [6, 6.07) is 14.8. The van der Waals surface area contributed by atoms with E-state index in [1.807, 2.05) is 49.4 Å². The van der Waals surface area contributed by atoms with Gasteiger partial charge in [0, 0.05) is 20.5 Å². The van der Waals surface area contributed by atoms with Crippen molar-refractivity contribution in [1.82, 2.24) is 10.2 Å². The molecule has 23 heavy (non-hydrogen) atoms. The minimum Gasteiger partial charge on any atom is -0.383 e. The Kier molecular flexibility index (Phi) is 4.97. The molecule has 1 atom stereocenters. The fourth-order valence-corrected chi connectivity index (χ4v) is 4.05. The van der Waals surface area contributed by atoms with Crippen LogP contribution in [0.3, 0.4) is 0 Å². The van der Waals surface area contributed by atoms with E-state index in [1.165, 1.54) is 11.8 Å². The van der Waals surface area contributed by atoms with Crippen molar-refractivity contribution in [3.8, 4) is 0 Å². The predicted molar refractivity (Wildman–Crippen MR) is 94.4 cm³/mol. The van der Waals surface area contributed by atoms with Gasteiger partial charge in [0.25, 0.3) is 0 Å². The summed E-state index contributed by atoms with van der Waals surface area (Å²) in [7, 11) is 0. The molecular formula is C17H14Cl2N2OS. The van der Waals surface area contributed by atoms with E-state index < -0.39 is 6.10 Å². The first-order chi connectivity index (χ1) is 11.0. The number of rotatable bonds is 4. The van der Waals surface area contributed by atoms with E-state index in [4.69, 9.17) is 23.2 Å². The third kappa shape index (κ3) is 3.72. The zero-order chi connectivity index (χ0) is 16.4. The molecule has 0 saturated carbocycles. The maximum atomic E-state index is 10.7. The van der Waals surface area contributed by atoms with Gasteiger partial charge >= 0.3 is 0 Å². The van der Waals surface area contributed by atoms with Crippen LogP contribution in [0, 0.1) is 6.92 Å². The Balaban J connectivity index is 1.95. The van der Waals surface area contributed by atoms with Crippen LogP contribution < -0.4 is 0 Å². The molecule has 2 aromatic carbocycles. The molecule has 1 unspecified atom stereocenters. The second-order valence-corrected chi connectivity index (χ2v) is 7.03. The Morgan fingerprint density at radius 1 is 1.09 bits per heavy atom. The van der Waals surface area contributed by atoms with Gasteiger partial charge in [0.2, 0.25) is 0 Å². The number of aliphatic hydroxyl groups is 1. The summed E-state index contributed by atoms with van der Waals surface area (Å²) < 4.78 is 0. The lowest BCUT2D eigenvalue weighted by molar-refractivity contribution is 0.216. The third-order valence-electron chi connectivity index (χ3n) is 3.40. The average molecular weight is 365 g/mol. The van der Waals surface area contributed by atoms with Crippen LogP contribution in [0.15, 0.2) is 58.5 Å². The van der Waals surface area contributed by atoms with Crippen LogP contribution in [0.25, 0.3) is 0 Å². The summed E-state index contributed by atoms with van der Waals surface area (Å²) in [6.07, 6.45) is -0.743. The molecule has 2 N–H and O–H groups in total. The van der Waals surface area contributed by atoms with Gasteiger partial charge in [-0.2, -0.15) is 5.10 Å². The van der Waals surface area contributed by atoms with Crippen molar-refractivity contribution in [3.63, 3.8) is 0 Å². The van der Waals surface area contributed by atoms with Crippen LogP contribution in [-0.4, -0.2) is 15.3 Å². The molecular weight excluding hydrogens is 351 g/mol. The first kappa shape index (κ1) is 16.4. The second kappa shape index (κ2) is 6.97. The zero-order valence-corrected chi connectivity index (χ0v) is 14.6. The maximum Gasteiger partial charge on any atom is 0.108 e. The number of aryl methyl sites for hydroxylation is 1. The fraction of sp³-hybridized carbons (Fsp3) is 0.118. The highest BCUT2D eigenvalue weighted by Crippen LogP contribution is 2.37. The van der Waals surface area contributed by atoms with E-state index in [1.54, 1.807) is 6.07 Å². The lowest BCUT2D eigenvalue weighted by atomic mass is 10.0. The molecule has 0 radical (unpaired) electrons. The topological polar surface area (TPSA) is 48.9 Å². The molecule has 0 aliphatic rings. The summed E-state index contributed by atoms with van der Waals surface area (Å²) in [6.45, 7) is 1.87. The summed E-state index contributed by atoms with van der Waals surface area (Å²) >= 11 is 13.5. The van der Waals surface area contributed by atoms with Crippen molar-refractivity contribution in [3.05, 3.63) is 75.4 Å². The van der Waals surface area contributed by atoms with E-state index in [-0.39, 0.29) is 0 Å². The van der Waals surface area contributed by atoms with Crippen molar-refractivity contribution < 1.29 is 5.11 Å². The van der Waals surface area contributed by atoms with Crippen LogP contribution in [0.2, 0.25) is 10.0 Å². The highest BCUT2D eigenvalue weighted by molar-refractivity contribution is 7.99. The van der Waals surface area contributed by atoms with Crippen LogP contribution in [0.5, 0.6) is 0 Å². The van der Waals surface area contributed by atoms with Gasteiger partial charge < -0.3 is 5.11 Å². The number of aromatic amines is 1. The van der Waals surface area contributed by atoms with Gasteiger partial charge in [-0.05, 0) is 30.7 Å². The Morgan fingerprint density at radius 2 is 1.74 bits per heavy atom. The van der Waals surface area contributed by atoms with E-state index >= 15 is 0 Å². The van der Waals surface area contributed by atoms with E-state index in [0.717, 1.165) is 26.7 Å². The number of nitrogens with one attached hydrogen (secondary N) is 1. The molecule has 3 aromatic rings. The zero-order valence-electron chi connectivity index (χ0n) is 12.3. The number of hydrogen-bond acceptors (Lipinski definition) is 3. The molecule has 3 nitrogen and oxygen atoms in total. The van der Waals surface area contributed by atoms with Crippen molar-refractivity contribution in [2.75, 3.05) is 0 Å². The monoisotopic (exact) mass is 364 g/mol. The van der Waals surface area contributed by atoms with Crippen LogP contribution in [0.1, 0.15) is 22.9 Å². The van der Waals surface area contributed by atoms with Crippen molar-refractivity contribution >= 4 is 35.0 Å². The Hall–Kier alpha value is -1.46. The van der Waals surface area contributed by atoms with Gasteiger partial charge in [-0.3, -0.25) is 5.10 Å². The largest absolute Gasteiger partial charge is 0.383 e. The number of hydrogen-bond donors (Lipinski definition) is 2. The average Bonchev–Trinajstić information content (AvgIpc) is 2.87. The number of nitrogens with zero attached hydrogens (tertiary/aromatic N) is 1. The molecule has 0 aliphatic heterocycles. The highest BCUT2D eigenvalue weighted by Gasteiger charge is 2.21. The smallest absolute Gasteiger partial charge is 0.108 e. The lowest BCUT2D eigenvalue weighted by Gasteiger charge is -2.12. The second-order valence-electron chi connectivity index (χ2n) is 5.07. The molecule has 0 bridgehead atoms. The Bertz CT molecular complexity index is 800. The molecule has 0 aliphatic carbocycles. The maximum absolute atomic E-state index is 10.7. The molecule has 0 amide bonds. The Labute approximate surface area is 148 Å². The number of benzene rings is 2. The number of halogens is 2. The molecule has 0 fully saturated rings. The fourth-order valence-electron chi connectivity index (χ4n) is 2.33. The van der Waals surface area contributed by atoms with Gasteiger partial charge in [-0.1, -0.05) is 65.3 Å². The number of aliphatic hydroxyl groups excluding tert-OH is 1. The molecule has 3 rings (SSSR count). The highest BCUT2D eigenvalue weighted by atomic mass is 35.5. The van der Waals surface area contributed by atoms with Crippen molar-refractivity contribution in [1.29, 1.82) is 0 Å². The SMILES string of the molecule is Cc1n[nH]c(Sc2cc(Cl)cc(Cl)c2)c1C(O)c1ccccc1. The standard InChI is InChI=1S/C17H14Cl2N2OS/c1-10-15(16(22)11-5-3-2-4-6-11)17(21-20-10)23-14-8-12(18)7-13(19)9-14/h2-9,16,22H,1H3,(H,20,21). The van der Waals surface area contributed by atoms with Gasteiger partial charge in [0.1, 0.15) is 11.1 Å². The van der Waals surface area contributed by atoms with Crippen LogP contribution >= 0.6 is 35.0 Å². The third-order valence-corrected chi connectivity index (χ3v) is 4.83. The molecule has 1 aromatic heterocycles. The predicted octanol–water partition coefficient (Wildman–Crippen LogP) is 5.26. The first-order valence-electron chi connectivity index (χ1n) is 6.96. The van der Waals surface area contributed by atoms with Crippen LogP contribution in [-0.2, 0) is 0 Å². The van der Waals surface area contributed by atoms with Gasteiger partial charge in [-0.25, -0.2) is 0 Å². The summed E-state index contributed by atoms with van der Waals surface area (Å²) in [4.78, 5) is 0.882. The van der Waals surface area contributed by atoms with Gasteiger partial charge in [0.15, 0.2) is 0 Å².